The van der Waals surface area contributed by atoms with Gasteiger partial charge in [-0.1, -0.05) is 115 Å². The molecule has 0 aliphatic carbocycles. The van der Waals surface area contributed by atoms with E-state index in [-0.39, 0.29) is 11.5 Å². The molecule has 2 aromatic rings. The highest BCUT2D eigenvalue weighted by atomic mass is 16.5. The summed E-state index contributed by atoms with van der Waals surface area (Å²) in [4.78, 5) is 0. The maximum Gasteiger partial charge on any atom is 0.119 e. The summed E-state index contributed by atoms with van der Waals surface area (Å²) in [5, 5.41) is 10.2. The first kappa shape index (κ1) is 23.5. The molecule has 0 saturated carbocycles. The summed E-state index contributed by atoms with van der Waals surface area (Å²) in [7, 11) is 0. The van der Waals surface area contributed by atoms with Crippen LogP contribution in [0, 0.1) is 0 Å². The first-order valence-electron chi connectivity index (χ1n) is 11.5. The number of aliphatic hydroxyl groups is 1. The summed E-state index contributed by atoms with van der Waals surface area (Å²) in [6.07, 6.45) is 10.8. The molecule has 0 unspecified atom stereocenters. The molecule has 0 aromatic heterocycles. The van der Waals surface area contributed by atoms with Crippen LogP contribution in [0.2, 0.25) is 0 Å². The molecule has 0 saturated heterocycles. The molecule has 0 aliphatic heterocycles. The van der Waals surface area contributed by atoms with E-state index in [0.29, 0.717) is 6.61 Å². The van der Waals surface area contributed by atoms with Gasteiger partial charge in [0.05, 0.1) is 6.10 Å². The van der Waals surface area contributed by atoms with Crippen molar-refractivity contribution in [2.45, 2.75) is 90.1 Å². The van der Waals surface area contributed by atoms with Gasteiger partial charge < -0.3 is 9.84 Å². The first-order chi connectivity index (χ1) is 14.0. The number of benzene rings is 2. The van der Waals surface area contributed by atoms with Gasteiger partial charge in [-0.25, -0.2) is 0 Å². The molecule has 0 spiro atoms. The Balaban J connectivity index is 1.68. The fourth-order valence-corrected chi connectivity index (χ4v) is 3.78. The van der Waals surface area contributed by atoms with Crippen molar-refractivity contribution < 1.29 is 9.84 Å². The molecule has 2 aromatic carbocycles. The van der Waals surface area contributed by atoms with Crippen LogP contribution >= 0.6 is 0 Å². The number of hydrogen-bond acceptors (Lipinski definition) is 2. The van der Waals surface area contributed by atoms with Crippen LogP contribution in [0.1, 0.15) is 89.7 Å². The van der Waals surface area contributed by atoms with Crippen LogP contribution in [-0.2, 0) is 5.41 Å². The molecule has 2 nitrogen and oxygen atoms in total. The van der Waals surface area contributed by atoms with E-state index < -0.39 is 0 Å². The monoisotopic (exact) mass is 396 g/mol. The topological polar surface area (TPSA) is 29.5 Å². The predicted octanol–water partition coefficient (Wildman–Crippen LogP) is 7.28. The fraction of sp³-hybridized carbons (Fsp3) is 0.556. The van der Waals surface area contributed by atoms with Crippen molar-refractivity contribution in [1.29, 1.82) is 0 Å². The normalized spacial score (nSPS) is 12.7. The van der Waals surface area contributed by atoms with Crippen LogP contribution in [0.15, 0.2) is 54.6 Å². The van der Waals surface area contributed by atoms with E-state index in [1.807, 2.05) is 12.1 Å². The minimum Gasteiger partial charge on any atom is -0.491 e. The van der Waals surface area contributed by atoms with Gasteiger partial charge in [-0.15, -0.1) is 0 Å². The van der Waals surface area contributed by atoms with E-state index >= 15 is 0 Å². The average Bonchev–Trinajstić information content (AvgIpc) is 2.75. The lowest BCUT2D eigenvalue weighted by Gasteiger charge is -2.26. The Morgan fingerprint density at radius 2 is 1.31 bits per heavy atom. The van der Waals surface area contributed by atoms with E-state index in [1.165, 1.54) is 56.1 Å². The van der Waals surface area contributed by atoms with E-state index in [1.54, 1.807) is 0 Å². The lowest BCUT2D eigenvalue weighted by molar-refractivity contribution is 0.0974. The minimum atomic E-state index is -0.379. The second kappa shape index (κ2) is 12.7. The summed E-state index contributed by atoms with van der Waals surface area (Å²) in [5.74, 6) is 0.826. The molecular formula is C27H40O2. The molecule has 29 heavy (non-hydrogen) atoms. The van der Waals surface area contributed by atoms with Gasteiger partial charge in [-0.3, -0.25) is 0 Å². The van der Waals surface area contributed by atoms with Crippen molar-refractivity contribution in [2.24, 2.45) is 0 Å². The standard InChI is InChI=1S/C27H40O2/c1-4-5-6-7-8-9-10-14-17-25(28)22-29-26-20-18-24(19-21-26)27(2,3)23-15-12-11-13-16-23/h11-13,15-16,18-21,25,28H,4-10,14,17,22H2,1-3H3/t25-/m1/s1. The molecule has 0 heterocycles. The Morgan fingerprint density at radius 1 is 0.759 bits per heavy atom. The molecule has 0 fully saturated rings. The number of aliphatic hydroxyl groups excluding tert-OH is 1. The zero-order valence-electron chi connectivity index (χ0n) is 18.7. The average molecular weight is 397 g/mol. The smallest absolute Gasteiger partial charge is 0.119 e. The SMILES string of the molecule is CCCCCCCCCC[C@@H](O)COc1ccc(C(C)(C)c2ccccc2)cc1. The van der Waals surface area contributed by atoms with Gasteiger partial charge in [0.15, 0.2) is 0 Å². The number of hydrogen-bond donors (Lipinski definition) is 1. The summed E-state index contributed by atoms with van der Waals surface area (Å²) in [6, 6.07) is 18.9. The van der Waals surface area contributed by atoms with E-state index in [9.17, 15) is 5.11 Å². The molecule has 2 heteroatoms. The van der Waals surface area contributed by atoms with Crippen molar-refractivity contribution in [2.75, 3.05) is 6.61 Å². The molecule has 160 valence electrons. The summed E-state index contributed by atoms with van der Waals surface area (Å²) < 4.78 is 5.81. The first-order valence-corrected chi connectivity index (χ1v) is 11.5. The van der Waals surface area contributed by atoms with Gasteiger partial charge in [0.25, 0.3) is 0 Å². The van der Waals surface area contributed by atoms with Crippen molar-refractivity contribution in [3.05, 3.63) is 65.7 Å². The van der Waals surface area contributed by atoms with Crippen LogP contribution in [0.5, 0.6) is 5.75 Å². The lowest BCUT2D eigenvalue weighted by atomic mass is 9.78. The molecule has 1 N–H and O–H groups in total. The van der Waals surface area contributed by atoms with Crippen LogP contribution in [0.4, 0.5) is 0 Å². The van der Waals surface area contributed by atoms with Gasteiger partial charge in [0.2, 0.25) is 0 Å². The molecule has 0 bridgehead atoms. The molecule has 0 aliphatic rings. The van der Waals surface area contributed by atoms with Crippen LogP contribution < -0.4 is 4.74 Å². The largest absolute Gasteiger partial charge is 0.491 e. The third-order valence-electron chi connectivity index (χ3n) is 5.90. The van der Waals surface area contributed by atoms with Crippen LogP contribution in [0.25, 0.3) is 0 Å². The van der Waals surface area contributed by atoms with Crippen molar-refractivity contribution in [1.82, 2.24) is 0 Å². The summed E-state index contributed by atoms with van der Waals surface area (Å²) >= 11 is 0. The zero-order chi connectivity index (χ0) is 21.0. The Morgan fingerprint density at radius 3 is 1.93 bits per heavy atom. The van der Waals surface area contributed by atoms with Crippen molar-refractivity contribution >= 4 is 0 Å². The Labute approximate surface area is 178 Å². The number of ether oxygens (including phenoxy) is 1. The predicted molar refractivity (Wildman–Crippen MR) is 124 cm³/mol. The highest BCUT2D eigenvalue weighted by molar-refractivity contribution is 5.39. The second-order valence-electron chi connectivity index (χ2n) is 8.74. The molecule has 2 rings (SSSR count). The minimum absolute atomic E-state index is 0.0458. The Bertz CT molecular complexity index is 661. The molecule has 0 amide bonds. The maximum absolute atomic E-state index is 10.2. The van der Waals surface area contributed by atoms with E-state index in [2.05, 4.69) is 63.2 Å². The van der Waals surface area contributed by atoms with Crippen LogP contribution in [-0.4, -0.2) is 17.8 Å². The Hall–Kier alpha value is -1.80. The lowest BCUT2D eigenvalue weighted by Crippen LogP contribution is -2.19. The number of unbranched alkanes of at least 4 members (excludes halogenated alkanes) is 7. The molecular weight excluding hydrogens is 356 g/mol. The van der Waals surface area contributed by atoms with E-state index in [0.717, 1.165) is 18.6 Å². The van der Waals surface area contributed by atoms with Gasteiger partial charge >= 0.3 is 0 Å². The zero-order valence-corrected chi connectivity index (χ0v) is 18.7. The second-order valence-corrected chi connectivity index (χ2v) is 8.74. The van der Waals surface area contributed by atoms with E-state index in [4.69, 9.17) is 4.74 Å². The van der Waals surface area contributed by atoms with Gasteiger partial charge in [0.1, 0.15) is 12.4 Å². The summed E-state index contributed by atoms with van der Waals surface area (Å²) in [6.45, 7) is 7.11. The quantitative estimate of drug-likeness (QED) is 0.340. The maximum atomic E-state index is 10.2. The van der Waals surface area contributed by atoms with Crippen LogP contribution in [0.3, 0.4) is 0 Å². The highest BCUT2D eigenvalue weighted by Crippen LogP contribution is 2.32. The fourth-order valence-electron chi connectivity index (χ4n) is 3.78. The van der Waals surface area contributed by atoms with Crippen molar-refractivity contribution in [3.63, 3.8) is 0 Å². The third-order valence-corrected chi connectivity index (χ3v) is 5.90. The van der Waals surface area contributed by atoms with Gasteiger partial charge in [-0.2, -0.15) is 0 Å². The summed E-state index contributed by atoms with van der Waals surface area (Å²) in [5.41, 5.74) is 2.51. The highest BCUT2D eigenvalue weighted by Gasteiger charge is 2.22. The van der Waals surface area contributed by atoms with Gasteiger partial charge in [-0.05, 0) is 29.7 Å². The number of rotatable bonds is 14. The Kier molecular flexibility index (Phi) is 10.3. The van der Waals surface area contributed by atoms with Crippen molar-refractivity contribution in [3.8, 4) is 5.75 Å². The third kappa shape index (κ3) is 8.22. The molecule has 1 atom stereocenters. The molecule has 0 radical (unpaired) electrons. The van der Waals surface area contributed by atoms with Gasteiger partial charge in [0, 0.05) is 5.41 Å².